The van der Waals surface area contributed by atoms with Crippen LogP contribution in [0.1, 0.15) is 30.1 Å². The maximum absolute atomic E-state index is 14.3. The summed E-state index contributed by atoms with van der Waals surface area (Å²) in [4.78, 5) is 14.7. The first-order chi connectivity index (χ1) is 13.1. The second kappa shape index (κ2) is 7.64. The van der Waals surface area contributed by atoms with E-state index in [1.165, 1.54) is 30.3 Å². The van der Waals surface area contributed by atoms with Gasteiger partial charge >= 0.3 is 6.16 Å². The summed E-state index contributed by atoms with van der Waals surface area (Å²) in [5.41, 5.74) is 0.514. The number of halogens is 2. The molecule has 142 valence electrons. The van der Waals surface area contributed by atoms with Crippen LogP contribution in [0.3, 0.4) is 0 Å². The van der Waals surface area contributed by atoms with E-state index in [0.29, 0.717) is 18.0 Å². The van der Waals surface area contributed by atoms with Crippen molar-refractivity contribution in [3.05, 3.63) is 71.3 Å². The van der Waals surface area contributed by atoms with Gasteiger partial charge in [0.25, 0.3) is 0 Å². The van der Waals surface area contributed by atoms with Crippen LogP contribution in [0.4, 0.5) is 13.6 Å². The molecule has 2 aromatic carbocycles. The summed E-state index contributed by atoms with van der Waals surface area (Å²) in [6.07, 6.45) is -0.146. The maximum Gasteiger partial charge on any atom is 0.509 e. The van der Waals surface area contributed by atoms with Crippen LogP contribution < -0.4 is 0 Å². The molecule has 4 nitrogen and oxygen atoms in total. The molecular formula is C21H21F2NO3. The highest BCUT2D eigenvalue weighted by Gasteiger charge is 2.37. The van der Waals surface area contributed by atoms with Crippen LogP contribution in [-0.4, -0.2) is 36.8 Å². The van der Waals surface area contributed by atoms with Crippen LogP contribution in [0.5, 0.6) is 0 Å². The number of hydrogen-bond donors (Lipinski definition) is 0. The molecule has 0 aliphatic carbocycles. The van der Waals surface area contributed by atoms with Gasteiger partial charge in [-0.05, 0) is 50.0 Å². The van der Waals surface area contributed by atoms with Gasteiger partial charge in [0.15, 0.2) is 6.10 Å². The highest BCUT2D eigenvalue weighted by atomic mass is 19.1. The van der Waals surface area contributed by atoms with Crippen molar-refractivity contribution in [3.8, 4) is 0 Å². The van der Waals surface area contributed by atoms with Gasteiger partial charge in [-0.25, -0.2) is 13.6 Å². The number of carbonyl (C=O) groups excluding carboxylic acids is 1. The van der Waals surface area contributed by atoms with E-state index < -0.39 is 23.9 Å². The normalized spacial score (nSPS) is 25.0. The minimum atomic E-state index is -1.07. The van der Waals surface area contributed by atoms with Crippen molar-refractivity contribution in [2.45, 2.75) is 25.0 Å². The summed E-state index contributed by atoms with van der Waals surface area (Å²) in [6, 6.07) is 11.6. The Balaban J connectivity index is 1.54. The molecule has 27 heavy (non-hydrogen) atoms. The molecule has 0 aromatic heterocycles. The Morgan fingerprint density at radius 3 is 2.52 bits per heavy atom. The first kappa shape index (κ1) is 17.9. The number of piperidine rings is 3. The molecule has 0 saturated carbocycles. The SMILES string of the molecule is O=C(OC1CN2CCC1CC2)O[C@H](c1cccc(F)c1)c1ccccc1F. The molecule has 2 atom stereocenters. The van der Waals surface area contributed by atoms with Gasteiger partial charge in [-0.2, -0.15) is 0 Å². The molecule has 2 bridgehead atoms. The number of ether oxygens (including phenoxy) is 2. The summed E-state index contributed by atoms with van der Waals surface area (Å²) < 4.78 is 39.0. The second-order valence-corrected chi connectivity index (χ2v) is 7.12. The molecule has 5 rings (SSSR count). The Kier molecular flexibility index (Phi) is 5.07. The van der Waals surface area contributed by atoms with E-state index in [9.17, 15) is 13.6 Å². The van der Waals surface area contributed by atoms with Crippen molar-refractivity contribution in [1.29, 1.82) is 0 Å². The monoisotopic (exact) mass is 373 g/mol. The average molecular weight is 373 g/mol. The van der Waals surface area contributed by atoms with E-state index in [4.69, 9.17) is 9.47 Å². The fraction of sp³-hybridized carbons (Fsp3) is 0.381. The molecule has 0 N–H and O–H groups in total. The molecule has 6 heteroatoms. The van der Waals surface area contributed by atoms with E-state index in [2.05, 4.69) is 4.90 Å². The Hall–Kier alpha value is -2.47. The lowest BCUT2D eigenvalue weighted by molar-refractivity contribution is -0.0644. The van der Waals surface area contributed by atoms with Gasteiger partial charge in [0.05, 0.1) is 0 Å². The summed E-state index contributed by atoms with van der Waals surface area (Å²) in [6.45, 7) is 2.76. The number of benzene rings is 2. The van der Waals surface area contributed by atoms with Crippen LogP contribution in [0.15, 0.2) is 48.5 Å². The zero-order chi connectivity index (χ0) is 18.8. The van der Waals surface area contributed by atoms with Crippen molar-refractivity contribution in [2.75, 3.05) is 19.6 Å². The minimum absolute atomic E-state index is 0.161. The molecular weight excluding hydrogens is 352 g/mol. The fourth-order valence-corrected chi connectivity index (χ4v) is 3.96. The van der Waals surface area contributed by atoms with Crippen molar-refractivity contribution >= 4 is 6.16 Å². The number of fused-ring (bicyclic) bond motifs is 3. The van der Waals surface area contributed by atoms with Crippen molar-refractivity contribution in [3.63, 3.8) is 0 Å². The quantitative estimate of drug-likeness (QED) is 0.749. The van der Waals surface area contributed by atoms with Gasteiger partial charge in [-0.3, -0.25) is 4.90 Å². The van der Waals surface area contributed by atoms with E-state index >= 15 is 0 Å². The summed E-state index contributed by atoms with van der Waals surface area (Å²) in [7, 11) is 0. The highest BCUT2D eigenvalue weighted by molar-refractivity contribution is 5.61. The van der Waals surface area contributed by atoms with Gasteiger partial charge < -0.3 is 9.47 Å². The first-order valence-corrected chi connectivity index (χ1v) is 9.19. The Morgan fingerprint density at radius 2 is 1.85 bits per heavy atom. The van der Waals surface area contributed by atoms with E-state index in [1.807, 2.05) is 0 Å². The standard InChI is InChI=1S/C21H21F2NO3/c22-16-5-3-4-15(12-16)20(17-6-1-2-7-18(17)23)27-21(25)26-19-13-24-10-8-14(19)9-11-24/h1-7,12,14,19-20H,8-11,13H2/t19?,20-/m1/s1. The third-order valence-corrected chi connectivity index (χ3v) is 5.40. The molecule has 3 fully saturated rings. The maximum atomic E-state index is 14.3. The molecule has 3 saturated heterocycles. The number of carbonyl (C=O) groups is 1. The number of nitrogens with zero attached hydrogens (tertiary/aromatic N) is 1. The summed E-state index contributed by atoms with van der Waals surface area (Å²) in [5, 5.41) is 0. The Labute approximate surface area is 156 Å². The Morgan fingerprint density at radius 1 is 1.07 bits per heavy atom. The third-order valence-electron chi connectivity index (χ3n) is 5.40. The van der Waals surface area contributed by atoms with Crippen molar-refractivity contribution in [2.24, 2.45) is 5.92 Å². The number of hydrogen-bond acceptors (Lipinski definition) is 4. The van der Waals surface area contributed by atoms with E-state index in [-0.39, 0.29) is 11.7 Å². The molecule has 1 unspecified atom stereocenters. The van der Waals surface area contributed by atoms with Crippen LogP contribution in [-0.2, 0) is 9.47 Å². The second-order valence-electron chi connectivity index (χ2n) is 7.12. The largest absolute Gasteiger partial charge is 0.509 e. The lowest BCUT2D eigenvalue weighted by atomic mass is 9.86. The lowest BCUT2D eigenvalue weighted by Gasteiger charge is -2.43. The summed E-state index contributed by atoms with van der Waals surface area (Å²) >= 11 is 0. The minimum Gasteiger partial charge on any atom is -0.429 e. The number of rotatable bonds is 4. The zero-order valence-corrected chi connectivity index (χ0v) is 14.8. The van der Waals surface area contributed by atoms with Gasteiger partial charge in [-0.15, -0.1) is 0 Å². The lowest BCUT2D eigenvalue weighted by Crippen LogP contribution is -2.52. The fourth-order valence-electron chi connectivity index (χ4n) is 3.96. The van der Waals surface area contributed by atoms with Crippen LogP contribution >= 0.6 is 0 Å². The Bertz CT molecular complexity index is 821. The predicted molar refractivity (Wildman–Crippen MR) is 95.2 cm³/mol. The van der Waals surface area contributed by atoms with Crippen molar-refractivity contribution in [1.82, 2.24) is 4.90 Å². The van der Waals surface area contributed by atoms with Crippen LogP contribution in [0, 0.1) is 17.6 Å². The van der Waals surface area contributed by atoms with Gasteiger partial charge in [0.1, 0.15) is 17.7 Å². The third kappa shape index (κ3) is 3.95. The molecule has 3 heterocycles. The molecule has 2 aromatic rings. The topological polar surface area (TPSA) is 38.8 Å². The summed E-state index contributed by atoms with van der Waals surface area (Å²) in [5.74, 6) is -0.672. The zero-order valence-electron chi connectivity index (χ0n) is 14.8. The van der Waals surface area contributed by atoms with Crippen LogP contribution in [0.25, 0.3) is 0 Å². The molecule has 0 amide bonds. The van der Waals surface area contributed by atoms with E-state index in [1.54, 1.807) is 18.2 Å². The van der Waals surface area contributed by atoms with Gasteiger partial charge in [0, 0.05) is 17.7 Å². The van der Waals surface area contributed by atoms with Crippen LogP contribution in [0.2, 0.25) is 0 Å². The van der Waals surface area contributed by atoms with Gasteiger partial charge in [-0.1, -0.05) is 30.3 Å². The molecule has 3 aliphatic rings. The average Bonchev–Trinajstić information content (AvgIpc) is 2.68. The highest BCUT2D eigenvalue weighted by Crippen LogP contribution is 2.32. The van der Waals surface area contributed by atoms with E-state index in [0.717, 1.165) is 25.9 Å². The smallest absolute Gasteiger partial charge is 0.429 e. The molecule has 3 aliphatic heterocycles. The first-order valence-electron chi connectivity index (χ1n) is 9.19. The molecule has 0 radical (unpaired) electrons. The predicted octanol–water partition coefficient (Wildman–Crippen LogP) is 4.30. The molecule has 0 spiro atoms. The van der Waals surface area contributed by atoms with Crippen molar-refractivity contribution < 1.29 is 23.0 Å². The van der Waals surface area contributed by atoms with Gasteiger partial charge in [0.2, 0.25) is 0 Å².